The zero-order valence-electron chi connectivity index (χ0n) is 19.2. The monoisotopic (exact) mass is 556 g/mol. The Balaban J connectivity index is 1.31. The van der Waals surface area contributed by atoms with Crippen molar-refractivity contribution >= 4 is 50.9 Å². The molecule has 0 radical (unpaired) electrons. The zero-order chi connectivity index (χ0) is 26.3. The second-order valence-corrected chi connectivity index (χ2v) is 10.9. The van der Waals surface area contributed by atoms with Crippen LogP contribution in [0.4, 0.5) is 5.69 Å². The zero-order valence-corrected chi connectivity index (χ0v) is 21.6. The molecule has 4 rings (SSSR count). The van der Waals surface area contributed by atoms with E-state index in [2.05, 4.69) is 10.0 Å². The lowest BCUT2D eigenvalue weighted by molar-refractivity contribution is -0.119. The van der Waals surface area contributed by atoms with Gasteiger partial charge in [0.1, 0.15) is 5.76 Å². The highest BCUT2D eigenvalue weighted by Crippen LogP contribution is 2.33. The molecular weight excluding hydrogens is 536 g/mol. The number of hydrogen-bond acceptors (Lipinski definition) is 7. The molecule has 1 heterocycles. The number of ether oxygens (including phenoxy) is 1. The number of furan rings is 1. The molecule has 190 valence electrons. The van der Waals surface area contributed by atoms with E-state index < -0.39 is 28.5 Å². The van der Waals surface area contributed by atoms with Crippen LogP contribution >= 0.6 is 23.4 Å². The van der Waals surface area contributed by atoms with Gasteiger partial charge in [-0.25, -0.2) is 17.9 Å². The molecule has 3 aromatic carbocycles. The third-order valence-electron chi connectivity index (χ3n) is 4.95. The second-order valence-electron chi connectivity index (χ2n) is 7.60. The van der Waals surface area contributed by atoms with Crippen LogP contribution in [0, 0.1) is 0 Å². The summed E-state index contributed by atoms with van der Waals surface area (Å²) >= 11 is 7.39. The Morgan fingerprint density at radius 1 is 0.919 bits per heavy atom. The Kier molecular flexibility index (Phi) is 8.67. The van der Waals surface area contributed by atoms with Crippen molar-refractivity contribution in [2.75, 3.05) is 11.9 Å². The summed E-state index contributed by atoms with van der Waals surface area (Å²) in [6.07, 6.45) is 1.45. The minimum atomic E-state index is -3.80. The summed E-state index contributed by atoms with van der Waals surface area (Å²) in [5.74, 6) is -0.807. The summed E-state index contributed by atoms with van der Waals surface area (Å²) in [7, 11) is -3.80. The van der Waals surface area contributed by atoms with E-state index in [1.54, 1.807) is 36.4 Å². The number of nitrogens with one attached hydrogen (secondary N) is 2. The van der Waals surface area contributed by atoms with E-state index in [1.807, 2.05) is 24.3 Å². The van der Waals surface area contributed by atoms with Gasteiger partial charge in [0.25, 0.3) is 5.91 Å². The summed E-state index contributed by atoms with van der Waals surface area (Å²) in [4.78, 5) is 26.6. The first kappa shape index (κ1) is 26.5. The maximum absolute atomic E-state index is 12.4. The first-order valence-electron chi connectivity index (χ1n) is 10.9. The van der Waals surface area contributed by atoms with E-state index in [0.717, 1.165) is 9.79 Å². The largest absolute Gasteiger partial charge is 0.468 e. The van der Waals surface area contributed by atoms with Gasteiger partial charge in [0.05, 0.1) is 29.0 Å². The average Bonchev–Trinajstić information content (AvgIpc) is 3.43. The van der Waals surface area contributed by atoms with Crippen molar-refractivity contribution in [2.45, 2.75) is 21.2 Å². The third-order valence-corrected chi connectivity index (χ3v) is 7.71. The fraction of sp³-hybridized carbons (Fsp3) is 0.0769. The summed E-state index contributed by atoms with van der Waals surface area (Å²) in [6.45, 7) is -0.515. The minimum Gasteiger partial charge on any atom is -0.468 e. The number of carbonyl (C=O) groups is 2. The van der Waals surface area contributed by atoms with Crippen molar-refractivity contribution in [3.05, 3.63) is 108 Å². The standard InChI is InChI=1S/C26H21ClN2O6S2/c27-19-9-11-21(12-10-19)36-24-6-2-1-5-23(24)29-25(30)17-35-26(31)18-7-13-22(14-8-18)37(32,33)28-16-20-4-3-15-34-20/h1-15,28H,16-17H2,(H,29,30). The average molecular weight is 557 g/mol. The second kappa shape index (κ2) is 12.1. The number of hydrogen-bond donors (Lipinski definition) is 2. The van der Waals surface area contributed by atoms with Crippen molar-refractivity contribution in [3.8, 4) is 0 Å². The predicted octanol–water partition coefficient (Wildman–Crippen LogP) is 5.36. The van der Waals surface area contributed by atoms with E-state index >= 15 is 0 Å². The molecule has 0 aliphatic rings. The van der Waals surface area contributed by atoms with Crippen LogP contribution in [0.25, 0.3) is 0 Å². The van der Waals surface area contributed by atoms with Gasteiger partial charge in [-0.15, -0.1) is 0 Å². The molecule has 1 amide bonds. The van der Waals surface area contributed by atoms with Gasteiger partial charge in [0.2, 0.25) is 10.0 Å². The van der Waals surface area contributed by atoms with Crippen LogP contribution in [0.5, 0.6) is 0 Å². The van der Waals surface area contributed by atoms with Crippen LogP contribution in [0.3, 0.4) is 0 Å². The lowest BCUT2D eigenvalue weighted by Gasteiger charge is -2.11. The predicted molar refractivity (Wildman–Crippen MR) is 140 cm³/mol. The molecule has 0 unspecified atom stereocenters. The summed E-state index contributed by atoms with van der Waals surface area (Å²) in [6, 6.07) is 23.1. The van der Waals surface area contributed by atoms with Crippen LogP contribution in [0.2, 0.25) is 5.02 Å². The van der Waals surface area contributed by atoms with Crippen LogP contribution in [-0.4, -0.2) is 26.9 Å². The quantitative estimate of drug-likeness (QED) is 0.253. The number of para-hydroxylation sites is 1. The highest BCUT2D eigenvalue weighted by atomic mass is 35.5. The molecule has 0 atom stereocenters. The van der Waals surface area contributed by atoms with Gasteiger partial charge in [0.15, 0.2) is 6.61 Å². The number of esters is 1. The van der Waals surface area contributed by atoms with Crippen molar-refractivity contribution < 1.29 is 27.2 Å². The van der Waals surface area contributed by atoms with Crippen LogP contribution < -0.4 is 10.0 Å². The molecule has 2 N–H and O–H groups in total. The van der Waals surface area contributed by atoms with Crippen molar-refractivity contribution in [1.82, 2.24) is 4.72 Å². The molecule has 4 aromatic rings. The first-order chi connectivity index (χ1) is 17.8. The van der Waals surface area contributed by atoms with Gasteiger partial charge in [0, 0.05) is 14.8 Å². The van der Waals surface area contributed by atoms with E-state index in [1.165, 1.54) is 42.3 Å². The van der Waals surface area contributed by atoms with Crippen LogP contribution in [0.1, 0.15) is 16.1 Å². The number of sulfonamides is 1. The molecule has 0 aliphatic heterocycles. The third kappa shape index (κ3) is 7.46. The molecule has 11 heteroatoms. The van der Waals surface area contributed by atoms with Gasteiger partial charge in [-0.05, 0) is 72.8 Å². The highest BCUT2D eigenvalue weighted by Gasteiger charge is 2.17. The maximum Gasteiger partial charge on any atom is 0.338 e. The topological polar surface area (TPSA) is 115 Å². The van der Waals surface area contributed by atoms with Crippen molar-refractivity contribution in [1.29, 1.82) is 0 Å². The number of halogens is 1. The Hall–Kier alpha value is -3.57. The number of benzene rings is 3. The van der Waals surface area contributed by atoms with Gasteiger partial charge < -0.3 is 14.5 Å². The van der Waals surface area contributed by atoms with Crippen molar-refractivity contribution in [2.24, 2.45) is 0 Å². The Bertz CT molecular complexity index is 1470. The van der Waals surface area contributed by atoms with Crippen LogP contribution in [0.15, 0.2) is 110 Å². The van der Waals surface area contributed by atoms with Gasteiger partial charge in [-0.2, -0.15) is 0 Å². The lowest BCUT2D eigenvalue weighted by Crippen LogP contribution is -2.23. The molecule has 0 saturated carbocycles. The Labute approximate surface area is 223 Å². The Morgan fingerprint density at radius 3 is 2.35 bits per heavy atom. The molecular formula is C26H21ClN2O6S2. The number of carbonyl (C=O) groups excluding carboxylic acids is 2. The molecule has 0 aliphatic carbocycles. The highest BCUT2D eigenvalue weighted by molar-refractivity contribution is 7.99. The molecule has 0 spiro atoms. The van der Waals surface area contributed by atoms with Crippen molar-refractivity contribution in [3.63, 3.8) is 0 Å². The van der Waals surface area contributed by atoms with Gasteiger partial charge >= 0.3 is 5.97 Å². The van der Waals surface area contributed by atoms with E-state index in [-0.39, 0.29) is 17.0 Å². The smallest absolute Gasteiger partial charge is 0.338 e. The summed E-state index contributed by atoms with van der Waals surface area (Å²) in [5.41, 5.74) is 0.677. The number of rotatable bonds is 10. The molecule has 1 aromatic heterocycles. The number of anilines is 1. The summed E-state index contributed by atoms with van der Waals surface area (Å²) < 4.78 is 37.5. The van der Waals surface area contributed by atoms with Gasteiger partial charge in [-0.1, -0.05) is 35.5 Å². The molecule has 37 heavy (non-hydrogen) atoms. The lowest BCUT2D eigenvalue weighted by atomic mass is 10.2. The SMILES string of the molecule is O=C(COC(=O)c1ccc(S(=O)(=O)NCc2ccco2)cc1)Nc1ccccc1Sc1ccc(Cl)cc1. The molecule has 0 bridgehead atoms. The Morgan fingerprint density at radius 2 is 1.65 bits per heavy atom. The fourth-order valence-corrected chi connectivity index (χ4v) is 5.14. The minimum absolute atomic E-state index is 0.00439. The van der Waals surface area contributed by atoms with E-state index in [4.69, 9.17) is 20.8 Å². The van der Waals surface area contributed by atoms with E-state index in [9.17, 15) is 18.0 Å². The normalized spacial score (nSPS) is 11.2. The molecule has 0 fully saturated rings. The van der Waals surface area contributed by atoms with Gasteiger partial charge in [-0.3, -0.25) is 4.79 Å². The number of amides is 1. The first-order valence-corrected chi connectivity index (χ1v) is 13.6. The molecule has 0 saturated heterocycles. The maximum atomic E-state index is 12.4. The van der Waals surface area contributed by atoms with Crippen LogP contribution in [-0.2, 0) is 26.1 Å². The molecule has 8 nitrogen and oxygen atoms in total. The van der Waals surface area contributed by atoms with E-state index in [0.29, 0.717) is 16.5 Å². The summed E-state index contributed by atoms with van der Waals surface area (Å²) in [5, 5.41) is 3.38. The fourth-order valence-electron chi connectivity index (χ4n) is 3.12.